The molecule has 0 aliphatic carbocycles. The fourth-order valence-electron chi connectivity index (χ4n) is 0.738. The van der Waals surface area contributed by atoms with Crippen LogP contribution in [0, 0.1) is 0 Å². The zero-order chi connectivity index (χ0) is 8.43. The first-order chi connectivity index (χ1) is 5.15. The monoisotopic (exact) mass is 174 g/mol. The van der Waals surface area contributed by atoms with Crippen molar-refractivity contribution in [2.75, 3.05) is 5.73 Å². The topological polar surface area (TPSA) is 79.1 Å². The second-order valence-corrected chi connectivity index (χ2v) is 2.45. The number of aromatic nitrogens is 1. The predicted octanol–water partition coefficient (Wildman–Crippen LogP) is 0.103. The van der Waals surface area contributed by atoms with Crippen molar-refractivity contribution < 1.29 is 5.11 Å². The lowest BCUT2D eigenvalue weighted by Crippen LogP contribution is -2.15. The van der Waals surface area contributed by atoms with Gasteiger partial charge in [-0.2, -0.15) is 0 Å². The first-order valence-electron chi connectivity index (χ1n) is 2.93. The number of nitrogen functional groups attached to an aromatic ring is 1. The summed E-state index contributed by atoms with van der Waals surface area (Å²) in [6.45, 7) is -0.377. The first kappa shape index (κ1) is 8.10. The molecule has 0 aliphatic heterocycles. The van der Waals surface area contributed by atoms with E-state index in [9.17, 15) is 4.79 Å². The molecular formula is C6H7ClN2O2. The molecule has 4 nitrogen and oxygen atoms in total. The Morgan fingerprint density at radius 3 is 2.82 bits per heavy atom. The van der Waals surface area contributed by atoms with E-state index in [1.54, 1.807) is 0 Å². The van der Waals surface area contributed by atoms with Gasteiger partial charge in [0.25, 0.3) is 5.56 Å². The Hall–Kier alpha value is -1.00. The van der Waals surface area contributed by atoms with Crippen LogP contribution >= 0.6 is 11.6 Å². The number of H-pyrrole nitrogens is 1. The molecule has 1 aromatic rings. The SMILES string of the molecule is Nc1cc(Cl)[nH]c(=O)c1CO. The van der Waals surface area contributed by atoms with Gasteiger partial charge in [-0.05, 0) is 6.07 Å². The van der Waals surface area contributed by atoms with E-state index in [0.717, 1.165) is 0 Å². The maximum atomic E-state index is 10.9. The second kappa shape index (κ2) is 2.94. The number of anilines is 1. The highest BCUT2D eigenvalue weighted by Crippen LogP contribution is 2.10. The average Bonchev–Trinajstić information content (AvgIpc) is 1.85. The largest absolute Gasteiger partial charge is 0.398 e. The van der Waals surface area contributed by atoms with E-state index in [1.165, 1.54) is 6.07 Å². The van der Waals surface area contributed by atoms with Crippen LogP contribution in [0.4, 0.5) is 5.69 Å². The third-order valence-electron chi connectivity index (χ3n) is 1.30. The minimum atomic E-state index is -0.447. The van der Waals surface area contributed by atoms with Crippen LogP contribution in [-0.4, -0.2) is 10.1 Å². The molecule has 0 atom stereocenters. The minimum absolute atomic E-state index is 0.148. The molecule has 0 radical (unpaired) electrons. The van der Waals surface area contributed by atoms with E-state index in [4.69, 9.17) is 22.4 Å². The molecule has 60 valence electrons. The number of pyridine rings is 1. The van der Waals surface area contributed by atoms with Crippen LogP contribution in [0.5, 0.6) is 0 Å². The minimum Gasteiger partial charge on any atom is -0.398 e. The summed E-state index contributed by atoms with van der Waals surface area (Å²) in [5.41, 5.74) is 5.28. The normalized spacial score (nSPS) is 10.0. The number of nitrogens with two attached hydrogens (primary N) is 1. The maximum absolute atomic E-state index is 10.9. The van der Waals surface area contributed by atoms with Crippen molar-refractivity contribution in [3.63, 3.8) is 0 Å². The predicted molar refractivity (Wildman–Crippen MR) is 42.4 cm³/mol. The molecule has 0 fully saturated rings. The van der Waals surface area contributed by atoms with Gasteiger partial charge in [-0.25, -0.2) is 0 Å². The quantitative estimate of drug-likeness (QED) is 0.529. The van der Waals surface area contributed by atoms with Gasteiger partial charge in [0.05, 0.1) is 12.2 Å². The van der Waals surface area contributed by atoms with Crippen LogP contribution in [-0.2, 0) is 6.61 Å². The number of rotatable bonds is 1. The molecule has 1 rings (SSSR count). The number of hydrogen-bond donors (Lipinski definition) is 3. The second-order valence-electron chi connectivity index (χ2n) is 2.04. The molecule has 0 saturated heterocycles. The molecule has 0 amide bonds. The van der Waals surface area contributed by atoms with E-state index < -0.39 is 5.56 Å². The molecule has 4 N–H and O–H groups in total. The number of aromatic amines is 1. The van der Waals surface area contributed by atoms with Crippen LogP contribution < -0.4 is 11.3 Å². The number of halogens is 1. The average molecular weight is 175 g/mol. The highest BCUT2D eigenvalue weighted by molar-refractivity contribution is 6.29. The van der Waals surface area contributed by atoms with Gasteiger partial charge in [0.15, 0.2) is 0 Å². The molecule has 0 spiro atoms. The van der Waals surface area contributed by atoms with E-state index in [-0.39, 0.29) is 23.0 Å². The molecule has 0 aliphatic rings. The van der Waals surface area contributed by atoms with Gasteiger partial charge in [-0.15, -0.1) is 0 Å². The molecule has 0 unspecified atom stereocenters. The Morgan fingerprint density at radius 2 is 2.36 bits per heavy atom. The molecule has 0 aromatic carbocycles. The number of hydrogen-bond acceptors (Lipinski definition) is 3. The van der Waals surface area contributed by atoms with Gasteiger partial charge in [0, 0.05) is 5.69 Å². The van der Waals surface area contributed by atoms with Crippen molar-refractivity contribution in [1.29, 1.82) is 0 Å². The summed E-state index contributed by atoms with van der Waals surface area (Å²) in [7, 11) is 0. The van der Waals surface area contributed by atoms with Crippen molar-refractivity contribution in [3.05, 3.63) is 27.1 Å². The molecule has 0 saturated carbocycles. The van der Waals surface area contributed by atoms with Crippen LogP contribution in [0.15, 0.2) is 10.9 Å². The van der Waals surface area contributed by atoms with Crippen LogP contribution in [0.25, 0.3) is 0 Å². The van der Waals surface area contributed by atoms with E-state index in [1.807, 2.05) is 0 Å². The number of aliphatic hydroxyl groups is 1. The number of aliphatic hydroxyl groups excluding tert-OH is 1. The van der Waals surface area contributed by atoms with E-state index in [2.05, 4.69) is 4.98 Å². The van der Waals surface area contributed by atoms with Gasteiger partial charge in [0.1, 0.15) is 5.15 Å². The van der Waals surface area contributed by atoms with Crippen molar-refractivity contribution in [3.8, 4) is 0 Å². The first-order valence-corrected chi connectivity index (χ1v) is 3.31. The Morgan fingerprint density at radius 1 is 1.73 bits per heavy atom. The lowest BCUT2D eigenvalue weighted by atomic mass is 10.2. The van der Waals surface area contributed by atoms with Crippen molar-refractivity contribution in [2.24, 2.45) is 0 Å². The molecule has 1 aromatic heterocycles. The smallest absolute Gasteiger partial charge is 0.256 e. The fourth-order valence-corrected chi connectivity index (χ4v) is 0.941. The number of nitrogens with one attached hydrogen (secondary N) is 1. The summed E-state index contributed by atoms with van der Waals surface area (Å²) >= 11 is 5.46. The summed E-state index contributed by atoms with van der Waals surface area (Å²) < 4.78 is 0. The lowest BCUT2D eigenvalue weighted by Gasteiger charge is -1.99. The summed E-state index contributed by atoms with van der Waals surface area (Å²) in [5.74, 6) is 0. The Bertz CT molecular complexity index is 321. The van der Waals surface area contributed by atoms with Crippen molar-refractivity contribution >= 4 is 17.3 Å². The Balaban J connectivity index is 3.37. The summed E-state index contributed by atoms with van der Waals surface area (Å²) in [4.78, 5) is 13.2. The van der Waals surface area contributed by atoms with E-state index >= 15 is 0 Å². The van der Waals surface area contributed by atoms with Gasteiger partial charge in [0.2, 0.25) is 0 Å². The van der Waals surface area contributed by atoms with Crippen LogP contribution in [0.1, 0.15) is 5.56 Å². The fraction of sp³-hybridized carbons (Fsp3) is 0.167. The highest BCUT2D eigenvalue weighted by Gasteiger charge is 2.03. The third kappa shape index (κ3) is 1.53. The molecule has 11 heavy (non-hydrogen) atoms. The van der Waals surface area contributed by atoms with Crippen LogP contribution in [0.3, 0.4) is 0 Å². The van der Waals surface area contributed by atoms with Crippen molar-refractivity contribution in [2.45, 2.75) is 6.61 Å². The molecular weight excluding hydrogens is 168 g/mol. The lowest BCUT2D eigenvalue weighted by molar-refractivity contribution is 0.281. The Kier molecular flexibility index (Phi) is 2.16. The zero-order valence-electron chi connectivity index (χ0n) is 5.60. The highest BCUT2D eigenvalue weighted by atomic mass is 35.5. The van der Waals surface area contributed by atoms with Crippen LogP contribution in [0.2, 0.25) is 5.15 Å². The standard InChI is InChI=1S/C6H7ClN2O2/c7-5-1-4(8)3(2-10)6(11)9-5/h1,10H,2H2,(H3,8,9,11). The molecule has 1 heterocycles. The molecule has 5 heteroatoms. The van der Waals surface area contributed by atoms with Crippen molar-refractivity contribution in [1.82, 2.24) is 4.98 Å². The maximum Gasteiger partial charge on any atom is 0.256 e. The zero-order valence-corrected chi connectivity index (χ0v) is 6.35. The summed E-state index contributed by atoms with van der Waals surface area (Å²) in [6.07, 6.45) is 0. The third-order valence-corrected chi connectivity index (χ3v) is 1.50. The molecule has 0 bridgehead atoms. The van der Waals surface area contributed by atoms with Gasteiger partial charge in [-0.1, -0.05) is 11.6 Å². The van der Waals surface area contributed by atoms with E-state index in [0.29, 0.717) is 0 Å². The summed E-state index contributed by atoms with van der Waals surface area (Å²) in [5, 5.41) is 8.82. The van der Waals surface area contributed by atoms with Gasteiger partial charge >= 0.3 is 0 Å². The van der Waals surface area contributed by atoms with Gasteiger partial charge < -0.3 is 15.8 Å². The van der Waals surface area contributed by atoms with Gasteiger partial charge in [-0.3, -0.25) is 4.79 Å². The summed E-state index contributed by atoms with van der Waals surface area (Å²) in [6, 6.07) is 1.38. The Labute approximate surface area is 67.6 Å².